The van der Waals surface area contributed by atoms with Crippen LogP contribution >= 0.6 is 0 Å². The highest BCUT2D eigenvalue weighted by Gasteiger charge is 2.34. The Hall–Kier alpha value is -4.80. The van der Waals surface area contributed by atoms with E-state index in [4.69, 9.17) is 0 Å². The predicted octanol–water partition coefficient (Wildman–Crippen LogP) is 8.97. The second-order valence-electron chi connectivity index (χ2n) is 11.7. The van der Waals surface area contributed by atoms with Gasteiger partial charge in [0.2, 0.25) is 5.91 Å². The van der Waals surface area contributed by atoms with Crippen molar-refractivity contribution >= 4 is 11.9 Å². The van der Waals surface area contributed by atoms with Gasteiger partial charge in [-0.05, 0) is 84.8 Å². The van der Waals surface area contributed by atoms with E-state index in [0.717, 1.165) is 41.5 Å². The fraction of sp³-hybridized carbons (Fsp3) is 0.297. The summed E-state index contributed by atoms with van der Waals surface area (Å²) in [6.45, 7) is 4.90. The number of halogens is 6. The van der Waals surface area contributed by atoms with Crippen LogP contribution in [0.3, 0.4) is 0 Å². The molecule has 0 saturated heterocycles. The zero-order chi connectivity index (χ0) is 35.1. The molecule has 254 valence electrons. The molecule has 0 radical (unpaired) electrons. The molecule has 11 heteroatoms. The van der Waals surface area contributed by atoms with Crippen molar-refractivity contribution in [3.05, 3.63) is 130 Å². The van der Waals surface area contributed by atoms with Crippen LogP contribution in [-0.4, -0.2) is 29.4 Å². The molecule has 0 aliphatic heterocycles. The number of nitrogens with zero attached hydrogens (tertiary/aromatic N) is 1. The standard InChI is InChI=1S/C37H37F6N3O2/c1-4-46(35(48)44-22-27-13-9-6-10-14-27)23-30-21-31(36(38,39)40)15-16-33(30)29-18-28(19-32(20-29)37(41,42)43)25(3)34(47)45-24(2)17-26-11-7-5-8-12-26/h5-16,18-21,24-25H,4,17,22-23H2,1-3H3,(H,44,48)(H,45,47)/t24-,25+/m1/s1. The molecule has 0 aliphatic carbocycles. The van der Waals surface area contributed by atoms with E-state index in [1.54, 1.807) is 38.1 Å². The molecule has 0 fully saturated rings. The van der Waals surface area contributed by atoms with E-state index >= 15 is 0 Å². The zero-order valence-electron chi connectivity index (χ0n) is 26.8. The average molecular weight is 670 g/mol. The summed E-state index contributed by atoms with van der Waals surface area (Å²) >= 11 is 0. The third kappa shape index (κ3) is 9.62. The molecule has 3 amide bonds. The van der Waals surface area contributed by atoms with E-state index in [-0.39, 0.29) is 47.9 Å². The molecule has 4 rings (SSSR count). The molecule has 0 bridgehead atoms. The molecule has 48 heavy (non-hydrogen) atoms. The lowest BCUT2D eigenvalue weighted by atomic mass is 9.90. The second kappa shape index (κ2) is 15.4. The van der Waals surface area contributed by atoms with Gasteiger partial charge in [0.25, 0.3) is 0 Å². The van der Waals surface area contributed by atoms with Crippen molar-refractivity contribution in [3.8, 4) is 11.1 Å². The van der Waals surface area contributed by atoms with Gasteiger partial charge >= 0.3 is 18.4 Å². The van der Waals surface area contributed by atoms with E-state index in [9.17, 15) is 35.9 Å². The number of carbonyl (C=O) groups excluding carboxylic acids is 2. The number of nitrogens with one attached hydrogen (secondary N) is 2. The van der Waals surface area contributed by atoms with Crippen molar-refractivity contribution in [1.29, 1.82) is 0 Å². The summed E-state index contributed by atoms with van der Waals surface area (Å²) in [5, 5.41) is 5.60. The van der Waals surface area contributed by atoms with Crippen molar-refractivity contribution in [2.45, 2.75) is 64.6 Å². The zero-order valence-corrected chi connectivity index (χ0v) is 26.8. The molecule has 0 unspecified atom stereocenters. The highest BCUT2D eigenvalue weighted by Crippen LogP contribution is 2.38. The van der Waals surface area contributed by atoms with Gasteiger partial charge in [0.05, 0.1) is 17.0 Å². The van der Waals surface area contributed by atoms with Crippen LogP contribution in [0.15, 0.2) is 97.1 Å². The third-order valence-electron chi connectivity index (χ3n) is 8.01. The fourth-order valence-corrected chi connectivity index (χ4v) is 5.36. The van der Waals surface area contributed by atoms with E-state index in [1.807, 2.05) is 36.4 Å². The van der Waals surface area contributed by atoms with Crippen molar-refractivity contribution < 1.29 is 35.9 Å². The first kappa shape index (κ1) is 36.0. The molecule has 2 atom stereocenters. The Balaban J connectivity index is 1.68. The summed E-state index contributed by atoms with van der Waals surface area (Å²) in [6.07, 6.45) is -9.03. The topological polar surface area (TPSA) is 61.4 Å². The summed E-state index contributed by atoms with van der Waals surface area (Å²) in [7, 11) is 0. The van der Waals surface area contributed by atoms with Gasteiger partial charge in [-0.3, -0.25) is 4.79 Å². The van der Waals surface area contributed by atoms with Gasteiger partial charge < -0.3 is 15.5 Å². The van der Waals surface area contributed by atoms with Crippen LogP contribution in [-0.2, 0) is 36.7 Å². The van der Waals surface area contributed by atoms with E-state index in [2.05, 4.69) is 10.6 Å². The first-order chi connectivity index (χ1) is 22.7. The largest absolute Gasteiger partial charge is 0.416 e. The van der Waals surface area contributed by atoms with Crippen molar-refractivity contribution in [1.82, 2.24) is 15.5 Å². The maximum absolute atomic E-state index is 14.2. The number of rotatable bonds is 11. The summed E-state index contributed by atoms with van der Waals surface area (Å²) in [4.78, 5) is 27.6. The van der Waals surface area contributed by atoms with E-state index in [0.29, 0.717) is 6.42 Å². The van der Waals surface area contributed by atoms with Gasteiger partial charge in [-0.2, -0.15) is 26.3 Å². The van der Waals surface area contributed by atoms with E-state index in [1.165, 1.54) is 17.9 Å². The number of urea groups is 1. The number of amides is 3. The summed E-state index contributed by atoms with van der Waals surface area (Å²) < 4.78 is 84.0. The van der Waals surface area contributed by atoms with Gasteiger partial charge in [0, 0.05) is 25.7 Å². The Morgan fingerprint density at radius 3 is 1.94 bits per heavy atom. The first-order valence-corrected chi connectivity index (χ1v) is 15.5. The van der Waals surface area contributed by atoms with Crippen LogP contribution in [0.1, 0.15) is 60.1 Å². The van der Waals surface area contributed by atoms with E-state index < -0.39 is 41.3 Å². The van der Waals surface area contributed by atoms with Crippen LogP contribution in [0.2, 0.25) is 0 Å². The minimum Gasteiger partial charge on any atom is -0.353 e. The van der Waals surface area contributed by atoms with Gasteiger partial charge in [-0.25, -0.2) is 4.79 Å². The Labute approximate surface area is 276 Å². The normalized spacial score (nSPS) is 13.0. The molecule has 0 aliphatic rings. The maximum Gasteiger partial charge on any atom is 0.416 e. The van der Waals surface area contributed by atoms with Crippen LogP contribution in [0.4, 0.5) is 31.1 Å². The molecule has 4 aromatic rings. The van der Waals surface area contributed by atoms with Crippen LogP contribution < -0.4 is 10.6 Å². The molecular formula is C37H37F6N3O2. The quantitative estimate of drug-likeness (QED) is 0.157. The third-order valence-corrected chi connectivity index (χ3v) is 8.01. The Morgan fingerprint density at radius 2 is 1.35 bits per heavy atom. The average Bonchev–Trinajstić information content (AvgIpc) is 3.05. The summed E-state index contributed by atoms with van der Waals surface area (Å²) in [6, 6.07) is 23.4. The fourth-order valence-electron chi connectivity index (χ4n) is 5.36. The lowest BCUT2D eigenvalue weighted by Crippen LogP contribution is -2.39. The molecule has 0 aromatic heterocycles. The molecule has 0 spiro atoms. The van der Waals surface area contributed by atoms with Crippen molar-refractivity contribution in [2.75, 3.05) is 6.54 Å². The van der Waals surface area contributed by atoms with Gasteiger partial charge in [0.1, 0.15) is 0 Å². The number of alkyl halides is 6. The number of carbonyl (C=O) groups is 2. The van der Waals surface area contributed by atoms with Crippen molar-refractivity contribution in [3.63, 3.8) is 0 Å². The highest BCUT2D eigenvalue weighted by atomic mass is 19.4. The lowest BCUT2D eigenvalue weighted by molar-refractivity contribution is -0.138. The SMILES string of the molecule is CCN(Cc1cc(C(F)(F)F)ccc1-c1cc([C@H](C)C(=O)N[C@H](C)Cc2ccccc2)cc(C(F)(F)F)c1)C(=O)NCc1ccccc1. The number of benzene rings is 4. The summed E-state index contributed by atoms with van der Waals surface area (Å²) in [5.74, 6) is -1.51. The smallest absolute Gasteiger partial charge is 0.353 e. The Morgan fingerprint density at radius 1 is 0.750 bits per heavy atom. The predicted molar refractivity (Wildman–Crippen MR) is 173 cm³/mol. The molecule has 4 aromatic carbocycles. The molecule has 5 nitrogen and oxygen atoms in total. The minimum atomic E-state index is -4.81. The van der Waals surface area contributed by atoms with Crippen LogP contribution in [0.5, 0.6) is 0 Å². The van der Waals surface area contributed by atoms with Crippen LogP contribution in [0.25, 0.3) is 11.1 Å². The second-order valence-corrected chi connectivity index (χ2v) is 11.7. The minimum absolute atomic E-state index is 0.000369. The summed E-state index contributed by atoms with van der Waals surface area (Å²) in [5.41, 5.74) is -0.172. The number of hydrogen-bond acceptors (Lipinski definition) is 2. The van der Waals surface area contributed by atoms with Crippen LogP contribution in [0, 0.1) is 0 Å². The van der Waals surface area contributed by atoms with Gasteiger partial charge in [-0.15, -0.1) is 0 Å². The Kier molecular flexibility index (Phi) is 11.6. The van der Waals surface area contributed by atoms with Gasteiger partial charge in [-0.1, -0.05) is 72.8 Å². The Bertz CT molecular complexity index is 1690. The van der Waals surface area contributed by atoms with Gasteiger partial charge in [0.15, 0.2) is 0 Å². The monoisotopic (exact) mass is 669 g/mol. The lowest BCUT2D eigenvalue weighted by Gasteiger charge is -2.25. The van der Waals surface area contributed by atoms with Crippen molar-refractivity contribution in [2.24, 2.45) is 0 Å². The molecular weight excluding hydrogens is 632 g/mol. The number of hydrogen-bond donors (Lipinski definition) is 2. The molecule has 0 saturated carbocycles. The maximum atomic E-state index is 14.2. The highest BCUT2D eigenvalue weighted by molar-refractivity contribution is 5.84. The molecule has 0 heterocycles. The molecule has 2 N–H and O–H groups in total. The first-order valence-electron chi connectivity index (χ1n) is 15.5.